The first-order valence-corrected chi connectivity index (χ1v) is 15.5. The summed E-state index contributed by atoms with van der Waals surface area (Å²) < 4.78 is 61.0. The Labute approximate surface area is 284 Å². The second-order valence-corrected chi connectivity index (χ2v) is 11.2. The molecule has 0 bridgehead atoms. The standard InChI is InChI=1S/C28H39NO19S/c1-11(30)38-8-18-21(40-13(3)32)23(41-14(4)33)25(43-16(6)35)27(45-18)47-22-19(9-39-12(2)31)46-28(48-49-10-20(29)37)26(44-17(7)36)24(22)42-15(5)34/h18-19,21-28H,8-10H2,1-7H3,(H2,29,37)/t18-,19-,21+,22?,23+,24+,25-,26-,27+,28+/m1/s1. The van der Waals surface area contributed by atoms with Crippen LogP contribution in [0.5, 0.6) is 0 Å². The highest BCUT2D eigenvalue weighted by molar-refractivity contribution is 7.95. The molecule has 2 fully saturated rings. The van der Waals surface area contributed by atoms with E-state index in [2.05, 4.69) is 0 Å². The number of esters is 7. The molecule has 0 aromatic carbocycles. The van der Waals surface area contributed by atoms with Crippen LogP contribution in [0.3, 0.4) is 0 Å². The van der Waals surface area contributed by atoms with Crippen molar-refractivity contribution >= 4 is 59.7 Å². The van der Waals surface area contributed by atoms with Crippen LogP contribution in [0.15, 0.2) is 0 Å². The predicted octanol–water partition coefficient (Wildman–Crippen LogP) is -1.24. The lowest BCUT2D eigenvalue weighted by atomic mass is 9.96. The van der Waals surface area contributed by atoms with E-state index in [1.165, 1.54) is 0 Å². The number of nitrogens with two attached hydrogens (primary N) is 1. The summed E-state index contributed by atoms with van der Waals surface area (Å²) in [5.41, 5.74) is 5.18. The van der Waals surface area contributed by atoms with Crippen molar-refractivity contribution in [1.29, 1.82) is 0 Å². The van der Waals surface area contributed by atoms with E-state index in [9.17, 15) is 38.4 Å². The Morgan fingerprint density at radius 2 is 0.878 bits per heavy atom. The zero-order valence-corrected chi connectivity index (χ0v) is 28.5. The van der Waals surface area contributed by atoms with Crippen molar-refractivity contribution in [2.45, 2.75) is 110 Å². The highest BCUT2D eigenvalue weighted by Gasteiger charge is 2.57. The van der Waals surface area contributed by atoms with Crippen molar-refractivity contribution in [3.05, 3.63) is 0 Å². The van der Waals surface area contributed by atoms with Gasteiger partial charge in [0.15, 0.2) is 36.8 Å². The Morgan fingerprint density at radius 1 is 0.510 bits per heavy atom. The van der Waals surface area contributed by atoms with Crippen molar-refractivity contribution in [3.8, 4) is 0 Å². The third-order valence-electron chi connectivity index (χ3n) is 6.25. The van der Waals surface area contributed by atoms with E-state index >= 15 is 0 Å². The van der Waals surface area contributed by atoms with Crippen molar-refractivity contribution in [1.82, 2.24) is 0 Å². The van der Waals surface area contributed by atoms with Crippen LogP contribution in [-0.2, 0) is 89.9 Å². The lowest BCUT2D eigenvalue weighted by molar-refractivity contribution is -0.354. The van der Waals surface area contributed by atoms with Crippen LogP contribution < -0.4 is 5.73 Å². The molecule has 1 amide bonds. The molecule has 276 valence electrons. The molecule has 2 rings (SSSR count). The van der Waals surface area contributed by atoms with Gasteiger partial charge in [-0.25, -0.2) is 0 Å². The smallest absolute Gasteiger partial charge is 0.303 e. The third-order valence-corrected chi connectivity index (χ3v) is 6.98. The Kier molecular flexibility index (Phi) is 16.1. The molecule has 2 aliphatic rings. The summed E-state index contributed by atoms with van der Waals surface area (Å²) in [5.74, 6) is -7.24. The maximum absolute atomic E-state index is 12.4. The molecule has 0 aromatic heterocycles. The Hall–Kier alpha value is -4.05. The highest BCUT2D eigenvalue weighted by atomic mass is 32.2. The summed E-state index contributed by atoms with van der Waals surface area (Å²) in [4.78, 5) is 96.1. The van der Waals surface area contributed by atoms with Crippen LogP contribution in [0.1, 0.15) is 48.5 Å². The number of carbonyl (C=O) groups is 8. The van der Waals surface area contributed by atoms with E-state index in [-0.39, 0.29) is 5.75 Å². The fraction of sp³-hybridized carbons (Fsp3) is 0.714. The van der Waals surface area contributed by atoms with E-state index in [1.807, 2.05) is 0 Å². The topological polar surface area (TPSA) is 264 Å². The minimum absolute atomic E-state index is 0.371. The van der Waals surface area contributed by atoms with Gasteiger partial charge in [0.25, 0.3) is 0 Å². The molecule has 2 aliphatic heterocycles. The van der Waals surface area contributed by atoms with Crippen LogP contribution >= 0.6 is 12.0 Å². The van der Waals surface area contributed by atoms with E-state index in [0.717, 1.165) is 48.5 Å². The summed E-state index contributed by atoms with van der Waals surface area (Å²) in [7, 11) is 0. The van der Waals surface area contributed by atoms with Gasteiger partial charge in [-0.1, -0.05) is 0 Å². The molecule has 21 heteroatoms. The van der Waals surface area contributed by atoms with Crippen molar-refractivity contribution < 1.29 is 89.9 Å². The predicted molar refractivity (Wildman–Crippen MR) is 156 cm³/mol. The number of rotatable bonds is 15. The molecule has 2 saturated heterocycles. The fourth-order valence-corrected chi connectivity index (χ4v) is 5.18. The first-order chi connectivity index (χ1) is 22.9. The normalized spacial score (nSPS) is 29.4. The molecule has 49 heavy (non-hydrogen) atoms. The molecule has 0 aromatic rings. The van der Waals surface area contributed by atoms with Gasteiger partial charge in [-0.05, 0) is 0 Å². The number of amides is 1. The number of hydrogen-bond donors (Lipinski definition) is 1. The van der Waals surface area contributed by atoms with Crippen LogP contribution in [-0.4, -0.2) is 128 Å². The van der Waals surface area contributed by atoms with Gasteiger partial charge in [-0.15, -0.1) is 0 Å². The van der Waals surface area contributed by atoms with E-state index < -0.39 is 122 Å². The van der Waals surface area contributed by atoms with Gasteiger partial charge in [-0.2, -0.15) is 0 Å². The Morgan fingerprint density at radius 3 is 1.31 bits per heavy atom. The summed E-state index contributed by atoms with van der Waals surface area (Å²) >= 11 is 0.516. The van der Waals surface area contributed by atoms with Crippen molar-refractivity contribution in [2.24, 2.45) is 5.73 Å². The first-order valence-electron chi connectivity index (χ1n) is 14.5. The average Bonchev–Trinajstić information content (AvgIpc) is 2.95. The molecule has 0 spiro atoms. The van der Waals surface area contributed by atoms with Gasteiger partial charge < -0.3 is 53.1 Å². The van der Waals surface area contributed by atoms with Gasteiger partial charge in [-0.3, -0.25) is 42.5 Å². The summed E-state index contributed by atoms with van der Waals surface area (Å²) in [6.07, 6.45) is -16.1. The lowest BCUT2D eigenvalue weighted by Crippen LogP contribution is -2.67. The van der Waals surface area contributed by atoms with Gasteiger partial charge in [0.1, 0.15) is 31.5 Å². The fourth-order valence-electron chi connectivity index (χ4n) is 4.71. The Bertz CT molecular complexity index is 1240. The van der Waals surface area contributed by atoms with Gasteiger partial charge in [0, 0.05) is 60.5 Å². The summed E-state index contributed by atoms with van der Waals surface area (Å²) in [6.45, 7) is 6.08. The van der Waals surface area contributed by atoms with E-state index in [0.29, 0.717) is 12.0 Å². The molecule has 0 saturated carbocycles. The molecule has 1 unspecified atom stereocenters. The van der Waals surface area contributed by atoms with E-state index in [1.54, 1.807) is 0 Å². The molecule has 20 nitrogen and oxygen atoms in total. The molecule has 2 heterocycles. The van der Waals surface area contributed by atoms with Gasteiger partial charge in [0.05, 0.1) is 5.75 Å². The van der Waals surface area contributed by atoms with Crippen LogP contribution in [0.2, 0.25) is 0 Å². The largest absolute Gasteiger partial charge is 0.463 e. The maximum Gasteiger partial charge on any atom is 0.303 e. The summed E-state index contributed by atoms with van der Waals surface area (Å²) in [5, 5.41) is 0. The number of ether oxygens (including phenoxy) is 10. The number of primary amides is 1. The third kappa shape index (κ3) is 13.4. The van der Waals surface area contributed by atoms with Crippen molar-refractivity contribution in [3.63, 3.8) is 0 Å². The second-order valence-electron chi connectivity index (χ2n) is 10.5. The molecule has 10 atom stereocenters. The molecule has 0 radical (unpaired) electrons. The van der Waals surface area contributed by atoms with Crippen LogP contribution in [0.25, 0.3) is 0 Å². The maximum atomic E-state index is 12.4. The minimum Gasteiger partial charge on any atom is -0.463 e. The first kappa shape index (κ1) is 41.1. The second kappa shape index (κ2) is 19.2. The molecule has 0 aliphatic carbocycles. The molecular formula is C28H39NO19S. The quantitative estimate of drug-likeness (QED) is 0.117. The summed E-state index contributed by atoms with van der Waals surface area (Å²) in [6, 6.07) is 0. The van der Waals surface area contributed by atoms with Crippen LogP contribution in [0.4, 0.5) is 0 Å². The minimum atomic E-state index is -1.83. The van der Waals surface area contributed by atoms with E-state index in [4.69, 9.17) is 57.3 Å². The zero-order valence-electron chi connectivity index (χ0n) is 27.6. The van der Waals surface area contributed by atoms with Crippen LogP contribution in [0, 0.1) is 0 Å². The number of carbonyl (C=O) groups excluding carboxylic acids is 8. The zero-order chi connectivity index (χ0) is 37.0. The number of hydrogen-bond acceptors (Lipinski definition) is 20. The van der Waals surface area contributed by atoms with Crippen molar-refractivity contribution in [2.75, 3.05) is 19.0 Å². The SMILES string of the molecule is CC(=O)OC[C@H]1O[C@@H](OSCC(N)=O)[C@H](OC(C)=O)[C@@H](OC(C)=O)C1O[C@@H]1O[C@H](COC(C)=O)[C@H](OC(C)=O)[C@H](OC(C)=O)[C@H]1OC(C)=O. The van der Waals surface area contributed by atoms with Gasteiger partial charge in [0.2, 0.25) is 12.2 Å². The lowest BCUT2D eigenvalue weighted by Gasteiger charge is -2.48. The molecule has 2 N–H and O–H groups in total. The monoisotopic (exact) mass is 725 g/mol. The Balaban J connectivity index is 2.71. The molecular weight excluding hydrogens is 686 g/mol. The van der Waals surface area contributed by atoms with Gasteiger partial charge >= 0.3 is 41.8 Å². The highest BCUT2D eigenvalue weighted by Crippen LogP contribution is 2.36. The average molecular weight is 726 g/mol.